The van der Waals surface area contributed by atoms with E-state index in [9.17, 15) is 19.6 Å². The van der Waals surface area contributed by atoms with Crippen LogP contribution >= 0.6 is 0 Å². The Morgan fingerprint density at radius 2 is 1.94 bits per heavy atom. The van der Waals surface area contributed by atoms with E-state index in [4.69, 9.17) is 13.9 Å². The lowest BCUT2D eigenvalue weighted by atomic mass is 10.0. The molecule has 0 saturated carbocycles. The van der Waals surface area contributed by atoms with Crippen molar-refractivity contribution >= 4 is 18.2 Å². The zero-order valence-corrected chi connectivity index (χ0v) is 19.1. The number of methoxy groups -OCH3 is 2. The maximum atomic E-state index is 12.5. The SMILES string of the molecule is CCCCC[C@H](CN(O)C=O)C(=O)NCNC(=O)c1ccc(-c2cc(OC)ccc2OC)o1. The number of carbonyl (C=O) groups is 3. The molecule has 1 aromatic carbocycles. The minimum absolute atomic E-state index is 0.0612. The molecule has 0 aliphatic carbocycles. The fourth-order valence-electron chi connectivity index (χ4n) is 3.27. The van der Waals surface area contributed by atoms with Crippen LogP contribution in [0.5, 0.6) is 11.5 Å². The summed E-state index contributed by atoms with van der Waals surface area (Å²) in [7, 11) is 3.08. The third kappa shape index (κ3) is 7.53. The number of hydroxylamine groups is 2. The number of amides is 3. The van der Waals surface area contributed by atoms with Crippen molar-refractivity contribution in [1.82, 2.24) is 15.7 Å². The van der Waals surface area contributed by atoms with Crippen molar-refractivity contribution in [3.05, 3.63) is 36.1 Å². The second-order valence-electron chi connectivity index (χ2n) is 7.37. The molecule has 0 aliphatic rings. The first-order chi connectivity index (χ1) is 15.9. The van der Waals surface area contributed by atoms with Gasteiger partial charge < -0.3 is 24.5 Å². The zero-order valence-electron chi connectivity index (χ0n) is 19.1. The van der Waals surface area contributed by atoms with Gasteiger partial charge in [-0.3, -0.25) is 19.6 Å². The molecule has 0 saturated heterocycles. The Balaban J connectivity index is 1.96. The lowest BCUT2D eigenvalue weighted by molar-refractivity contribution is -0.154. The molecule has 1 aromatic heterocycles. The van der Waals surface area contributed by atoms with Crippen LogP contribution in [0.1, 0.15) is 43.2 Å². The molecule has 2 aromatic rings. The summed E-state index contributed by atoms with van der Waals surface area (Å²) in [5, 5.41) is 15.1. The summed E-state index contributed by atoms with van der Waals surface area (Å²) in [4.78, 5) is 35.6. The van der Waals surface area contributed by atoms with E-state index in [1.165, 1.54) is 13.2 Å². The molecule has 0 unspecified atom stereocenters. The fraction of sp³-hybridized carbons (Fsp3) is 0.435. The molecule has 1 atom stereocenters. The standard InChI is InChI=1S/C23H31N3O7/c1-4-5-6-7-16(13-26(30)15-27)22(28)24-14-25-23(29)21-11-10-20(33-21)18-12-17(31-2)8-9-19(18)32-3/h8-12,15-16,30H,4-7,13-14H2,1-3H3,(H,24,28)(H,25,29)/t16-/m1/s1. The molecule has 10 heteroatoms. The molecular formula is C23H31N3O7. The van der Waals surface area contributed by atoms with E-state index in [-0.39, 0.29) is 31.3 Å². The van der Waals surface area contributed by atoms with Gasteiger partial charge in [0, 0.05) is 0 Å². The Kier molecular flexibility index (Phi) is 10.2. The van der Waals surface area contributed by atoms with Crippen molar-refractivity contribution in [3.63, 3.8) is 0 Å². The molecule has 0 aliphatic heterocycles. The Hall–Kier alpha value is -3.53. The van der Waals surface area contributed by atoms with Crippen LogP contribution < -0.4 is 20.1 Å². The van der Waals surface area contributed by atoms with Gasteiger partial charge in [0.25, 0.3) is 5.91 Å². The van der Waals surface area contributed by atoms with E-state index in [2.05, 4.69) is 10.6 Å². The Morgan fingerprint density at radius 1 is 1.15 bits per heavy atom. The van der Waals surface area contributed by atoms with Crippen LogP contribution in [0, 0.1) is 5.92 Å². The number of benzene rings is 1. The van der Waals surface area contributed by atoms with E-state index in [0.717, 1.165) is 19.3 Å². The summed E-state index contributed by atoms with van der Waals surface area (Å²) in [6, 6.07) is 8.39. The molecule has 2 rings (SSSR count). The quantitative estimate of drug-likeness (QED) is 0.130. The molecular weight excluding hydrogens is 430 g/mol. The summed E-state index contributed by atoms with van der Waals surface area (Å²) in [5.74, 6) is 0.196. The first kappa shape index (κ1) is 25.7. The van der Waals surface area contributed by atoms with Gasteiger partial charge in [0.2, 0.25) is 12.3 Å². The van der Waals surface area contributed by atoms with E-state index in [1.54, 1.807) is 31.4 Å². The van der Waals surface area contributed by atoms with Crippen molar-refractivity contribution in [3.8, 4) is 22.8 Å². The third-order valence-electron chi connectivity index (χ3n) is 5.07. The van der Waals surface area contributed by atoms with Gasteiger partial charge in [0.15, 0.2) is 5.76 Å². The maximum absolute atomic E-state index is 12.5. The van der Waals surface area contributed by atoms with Crippen LogP contribution in [-0.4, -0.2) is 55.9 Å². The monoisotopic (exact) mass is 461 g/mol. The number of furan rings is 1. The number of rotatable bonds is 14. The molecule has 0 fully saturated rings. The normalized spacial score (nSPS) is 11.4. The highest BCUT2D eigenvalue weighted by Gasteiger charge is 2.21. The maximum Gasteiger partial charge on any atom is 0.288 e. The highest BCUT2D eigenvalue weighted by atomic mass is 16.5. The van der Waals surface area contributed by atoms with Gasteiger partial charge >= 0.3 is 0 Å². The van der Waals surface area contributed by atoms with E-state index in [0.29, 0.717) is 34.3 Å². The van der Waals surface area contributed by atoms with Crippen LogP contribution in [0.2, 0.25) is 0 Å². The molecule has 10 nitrogen and oxygen atoms in total. The second kappa shape index (κ2) is 13.1. The van der Waals surface area contributed by atoms with Gasteiger partial charge in [-0.25, -0.2) is 5.06 Å². The summed E-state index contributed by atoms with van der Waals surface area (Å²) < 4.78 is 16.3. The molecule has 0 bridgehead atoms. The van der Waals surface area contributed by atoms with Gasteiger partial charge in [-0.15, -0.1) is 0 Å². The molecule has 180 valence electrons. The van der Waals surface area contributed by atoms with Crippen molar-refractivity contribution in [2.45, 2.75) is 32.6 Å². The van der Waals surface area contributed by atoms with E-state index in [1.807, 2.05) is 6.92 Å². The largest absolute Gasteiger partial charge is 0.497 e. The summed E-state index contributed by atoms with van der Waals surface area (Å²) in [6.45, 7) is 1.79. The van der Waals surface area contributed by atoms with Crippen molar-refractivity contribution in [1.29, 1.82) is 0 Å². The first-order valence-corrected chi connectivity index (χ1v) is 10.7. The minimum Gasteiger partial charge on any atom is -0.497 e. The lowest BCUT2D eigenvalue weighted by Crippen LogP contribution is -2.42. The molecule has 33 heavy (non-hydrogen) atoms. The number of unbranched alkanes of at least 4 members (excludes halogenated alkanes) is 2. The average molecular weight is 462 g/mol. The van der Waals surface area contributed by atoms with Crippen molar-refractivity contribution in [2.24, 2.45) is 5.92 Å². The van der Waals surface area contributed by atoms with Gasteiger partial charge in [0.05, 0.1) is 38.9 Å². The van der Waals surface area contributed by atoms with Gasteiger partial charge in [0.1, 0.15) is 17.3 Å². The highest BCUT2D eigenvalue weighted by Crippen LogP contribution is 2.34. The average Bonchev–Trinajstić information content (AvgIpc) is 3.33. The Morgan fingerprint density at radius 3 is 2.61 bits per heavy atom. The van der Waals surface area contributed by atoms with Crippen LogP contribution in [0.4, 0.5) is 0 Å². The first-order valence-electron chi connectivity index (χ1n) is 10.7. The van der Waals surface area contributed by atoms with Crippen LogP contribution in [0.25, 0.3) is 11.3 Å². The van der Waals surface area contributed by atoms with Gasteiger partial charge in [-0.1, -0.05) is 26.2 Å². The number of carbonyl (C=O) groups excluding carboxylic acids is 3. The summed E-state index contributed by atoms with van der Waals surface area (Å²) in [6.07, 6.45) is 3.48. The topological polar surface area (TPSA) is 130 Å². The van der Waals surface area contributed by atoms with Crippen molar-refractivity contribution < 1.29 is 33.5 Å². The molecule has 3 N–H and O–H groups in total. The van der Waals surface area contributed by atoms with Crippen LogP contribution in [0.15, 0.2) is 34.7 Å². The fourth-order valence-corrected chi connectivity index (χ4v) is 3.27. The summed E-state index contributed by atoms with van der Waals surface area (Å²) in [5.41, 5.74) is 0.628. The van der Waals surface area contributed by atoms with E-state index < -0.39 is 11.8 Å². The molecule has 0 spiro atoms. The van der Waals surface area contributed by atoms with Gasteiger partial charge in [-0.2, -0.15) is 0 Å². The minimum atomic E-state index is -0.584. The number of ether oxygens (including phenoxy) is 2. The van der Waals surface area contributed by atoms with Crippen LogP contribution in [-0.2, 0) is 9.59 Å². The number of nitrogens with zero attached hydrogens (tertiary/aromatic N) is 1. The third-order valence-corrected chi connectivity index (χ3v) is 5.07. The highest BCUT2D eigenvalue weighted by molar-refractivity contribution is 5.92. The molecule has 3 amide bonds. The lowest BCUT2D eigenvalue weighted by Gasteiger charge is -2.19. The van der Waals surface area contributed by atoms with Crippen molar-refractivity contribution in [2.75, 3.05) is 27.4 Å². The number of nitrogens with one attached hydrogen (secondary N) is 2. The summed E-state index contributed by atoms with van der Waals surface area (Å²) >= 11 is 0. The zero-order chi connectivity index (χ0) is 24.2. The predicted octanol–water partition coefficient (Wildman–Crippen LogP) is 2.81. The predicted molar refractivity (Wildman–Crippen MR) is 120 cm³/mol. The molecule has 0 radical (unpaired) electrons. The van der Waals surface area contributed by atoms with Crippen LogP contribution in [0.3, 0.4) is 0 Å². The Labute approximate surface area is 192 Å². The molecule has 1 heterocycles. The number of hydrogen-bond acceptors (Lipinski definition) is 7. The smallest absolute Gasteiger partial charge is 0.288 e. The number of hydrogen-bond donors (Lipinski definition) is 3. The van der Waals surface area contributed by atoms with Gasteiger partial charge in [-0.05, 0) is 36.8 Å². The van der Waals surface area contributed by atoms with E-state index >= 15 is 0 Å². The Bertz CT molecular complexity index is 929. The second-order valence-corrected chi connectivity index (χ2v) is 7.37.